The molecule has 1 fully saturated rings. The van der Waals surface area contributed by atoms with Crippen molar-refractivity contribution >= 4 is 5.91 Å². The predicted octanol–water partition coefficient (Wildman–Crippen LogP) is 0.640. The molecule has 0 saturated carbocycles. The lowest BCUT2D eigenvalue weighted by atomic mass is 10.1. The number of fused-ring (bicyclic) bond motifs is 1. The van der Waals surface area contributed by atoms with Gasteiger partial charge in [0.1, 0.15) is 0 Å². The van der Waals surface area contributed by atoms with Gasteiger partial charge in [0, 0.05) is 19.8 Å². The number of allylic oxidation sites excluding steroid dienone is 3. The zero-order chi connectivity index (χ0) is 10.9. The van der Waals surface area contributed by atoms with Crippen LogP contribution in [0, 0.1) is 0 Å². The van der Waals surface area contributed by atoms with Gasteiger partial charge in [0.15, 0.2) is 0 Å². The van der Waals surface area contributed by atoms with Gasteiger partial charge in [-0.3, -0.25) is 4.79 Å². The van der Waals surface area contributed by atoms with Crippen LogP contribution < -0.4 is 5.32 Å². The highest BCUT2D eigenvalue weighted by molar-refractivity contribution is 5.95. The summed E-state index contributed by atoms with van der Waals surface area (Å²) in [6.07, 6.45) is 6.94. The highest BCUT2D eigenvalue weighted by atomic mass is 16.7. The molecule has 0 aromatic carbocycles. The number of nitrogens with one attached hydrogen (secondary N) is 1. The van der Waals surface area contributed by atoms with Gasteiger partial charge in [0.2, 0.25) is 0 Å². The van der Waals surface area contributed by atoms with Gasteiger partial charge in [-0.15, -0.1) is 5.73 Å². The van der Waals surface area contributed by atoms with Gasteiger partial charge in [0.05, 0.1) is 5.70 Å². The van der Waals surface area contributed by atoms with Crippen LogP contribution in [0.3, 0.4) is 0 Å². The molecule has 1 amide bonds. The zero-order valence-electron chi connectivity index (χ0n) is 8.53. The van der Waals surface area contributed by atoms with Crippen LogP contribution in [0.15, 0.2) is 41.3 Å². The third-order valence-electron chi connectivity index (χ3n) is 2.46. The van der Waals surface area contributed by atoms with Gasteiger partial charge in [-0.25, -0.2) is 0 Å². The predicted molar refractivity (Wildman–Crippen MR) is 53.7 cm³/mol. The van der Waals surface area contributed by atoms with Gasteiger partial charge in [-0.05, 0) is 24.3 Å². The quantitative estimate of drug-likeness (QED) is 0.531. The molecule has 1 N–H and O–H groups in total. The summed E-state index contributed by atoms with van der Waals surface area (Å²) in [7, 11) is 2.88. The normalized spacial score (nSPS) is 21.6. The Morgan fingerprint density at radius 2 is 1.93 bits per heavy atom. The molecule has 1 aliphatic carbocycles. The Morgan fingerprint density at radius 3 is 2.60 bits per heavy atom. The second-order valence-electron chi connectivity index (χ2n) is 3.14. The maximum absolute atomic E-state index is 11.7. The van der Waals surface area contributed by atoms with Crippen molar-refractivity contribution in [2.45, 2.75) is 5.79 Å². The summed E-state index contributed by atoms with van der Waals surface area (Å²) in [6.45, 7) is 0. The molecular formula is C11H11NO3. The number of carbonyl (C=O) groups is 1. The second kappa shape index (κ2) is 3.51. The van der Waals surface area contributed by atoms with E-state index in [1.807, 2.05) is 0 Å². The minimum atomic E-state index is -1.33. The molecular weight excluding hydrogens is 194 g/mol. The summed E-state index contributed by atoms with van der Waals surface area (Å²) in [5, 5.41) is 2.70. The topological polar surface area (TPSA) is 47.6 Å². The molecule has 0 aromatic heterocycles. The van der Waals surface area contributed by atoms with E-state index >= 15 is 0 Å². The van der Waals surface area contributed by atoms with Crippen molar-refractivity contribution in [3.05, 3.63) is 41.3 Å². The van der Waals surface area contributed by atoms with Gasteiger partial charge in [-0.2, -0.15) is 0 Å². The van der Waals surface area contributed by atoms with E-state index in [0.29, 0.717) is 11.3 Å². The highest BCUT2D eigenvalue weighted by Gasteiger charge is 2.50. The Hall–Kier alpha value is -1.61. The molecule has 0 unspecified atom stereocenters. The van der Waals surface area contributed by atoms with Gasteiger partial charge in [0.25, 0.3) is 11.7 Å². The van der Waals surface area contributed by atoms with Crippen molar-refractivity contribution in [1.82, 2.24) is 5.32 Å². The van der Waals surface area contributed by atoms with E-state index in [4.69, 9.17) is 9.47 Å². The SMILES string of the molecule is COC1(OC)C(=O)NC2=CC=C=CC=C21. The van der Waals surface area contributed by atoms with E-state index in [9.17, 15) is 4.79 Å². The van der Waals surface area contributed by atoms with Crippen LogP contribution in [0.2, 0.25) is 0 Å². The Labute approximate surface area is 87.6 Å². The fraction of sp³-hybridized carbons (Fsp3) is 0.273. The monoisotopic (exact) mass is 205 g/mol. The maximum Gasteiger partial charge on any atom is 0.289 e. The summed E-state index contributed by atoms with van der Waals surface area (Å²) in [5.41, 5.74) is 4.26. The Balaban J connectivity index is 2.55. The number of hydrogen-bond acceptors (Lipinski definition) is 3. The molecule has 0 radical (unpaired) electrons. The molecule has 0 aromatic rings. The molecule has 4 heteroatoms. The number of rotatable bonds is 2. The van der Waals surface area contributed by atoms with Crippen LogP contribution in [0.5, 0.6) is 0 Å². The molecule has 15 heavy (non-hydrogen) atoms. The van der Waals surface area contributed by atoms with Crippen molar-refractivity contribution in [2.75, 3.05) is 14.2 Å². The molecule has 1 saturated heterocycles. The summed E-state index contributed by atoms with van der Waals surface area (Å²) in [5.74, 6) is -1.64. The fourth-order valence-electron chi connectivity index (χ4n) is 1.71. The molecule has 1 heterocycles. The van der Waals surface area contributed by atoms with Crippen LogP contribution in [0.1, 0.15) is 0 Å². The van der Waals surface area contributed by atoms with E-state index in [1.165, 1.54) is 14.2 Å². The first-order valence-electron chi connectivity index (χ1n) is 4.50. The van der Waals surface area contributed by atoms with Crippen molar-refractivity contribution < 1.29 is 14.3 Å². The minimum Gasteiger partial charge on any atom is -0.342 e. The molecule has 2 aliphatic rings. The molecule has 1 aliphatic heterocycles. The molecule has 2 rings (SSSR count). The van der Waals surface area contributed by atoms with Gasteiger partial charge < -0.3 is 14.8 Å². The molecule has 0 atom stereocenters. The summed E-state index contributed by atoms with van der Waals surface area (Å²) < 4.78 is 10.4. The van der Waals surface area contributed by atoms with Gasteiger partial charge in [-0.1, -0.05) is 0 Å². The van der Waals surface area contributed by atoms with Crippen molar-refractivity contribution in [2.24, 2.45) is 0 Å². The van der Waals surface area contributed by atoms with Gasteiger partial charge >= 0.3 is 0 Å². The summed E-state index contributed by atoms with van der Waals surface area (Å²) in [4.78, 5) is 11.7. The average molecular weight is 205 g/mol. The first-order chi connectivity index (χ1) is 7.24. The van der Waals surface area contributed by atoms with Crippen LogP contribution >= 0.6 is 0 Å². The Bertz CT molecular complexity index is 421. The number of amides is 1. The standard InChI is InChI=1S/C11H11NO3/c1-14-11(15-2)8-6-4-3-5-7-9(8)12-10(11)13/h4-7H,1-2H3,(H,12,13). The van der Waals surface area contributed by atoms with Crippen molar-refractivity contribution in [3.8, 4) is 0 Å². The fourth-order valence-corrected chi connectivity index (χ4v) is 1.71. The number of methoxy groups -OCH3 is 2. The second-order valence-corrected chi connectivity index (χ2v) is 3.14. The third-order valence-corrected chi connectivity index (χ3v) is 2.46. The van der Waals surface area contributed by atoms with E-state index in [1.54, 1.807) is 24.3 Å². The van der Waals surface area contributed by atoms with Crippen LogP contribution in [-0.2, 0) is 14.3 Å². The van der Waals surface area contributed by atoms with E-state index in [2.05, 4.69) is 11.0 Å². The first kappa shape index (κ1) is 9.93. The Morgan fingerprint density at radius 1 is 1.27 bits per heavy atom. The number of carbonyl (C=O) groups excluding carboxylic acids is 1. The largest absolute Gasteiger partial charge is 0.342 e. The van der Waals surface area contributed by atoms with Crippen LogP contribution in [0.4, 0.5) is 0 Å². The van der Waals surface area contributed by atoms with E-state index < -0.39 is 5.79 Å². The van der Waals surface area contributed by atoms with Crippen LogP contribution in [0.25, 0.3) is 0 Å². The average Bonchev–Trinajstić information content (AvgIpc) is 2.43. The third kappa shape index (κ3) is 1.27. The van der Waals surface area contributed by atoms with Crippen molar-refractivity contribution in [3.63, 3.8) is 0 Å². The smallest absolute Gasteiger partial charge is 0.289 e. The zero-order valence-corrected chi connectivity index (χ0v) is 8.53. The lowest BCUT2D eigenvalue weighted by Gasteiger charge is -2.23. The Kier molecular flexibility index (Phi) is 2.32. The minimum absolute atomic E-state index is 0.311. The summed E-state index contributed by atoms with van der Waals surface area (Å²) in [6, 6.07) is 0. The molecule has 4 nitrogen and oxygen atoms in total. The number of ether oxygens (including phenoxy) is 2. The van der Waals surface area contributed by atoms with E-state index in [0.717, 1.165) is 0 Å². The first-order valence-corrected chi connectivity index (χ1v) is 4.50. The maximum atomic E-state index is 11.7. The van der Waals surface area contributed by atoms with Crippen LogP contribution in [-0.4, -0.2) is 25.9 Å². The molecule has 0 bridgehead atoms. The number of hydrogen-bond donors (Lipinski definition) is 1. The highest BCUT2D eigenvalue weighted by Crippen LogP contribution is 2.34. The lowest BCUT2D eigenvalue weighted by molar-refractivity contribution is -0.185. The van der Waals surface area contributed by atoms with E-state index in [-0.39, 0.29) is 5.91 Å². The lowest BCUT2D eigenvalue weighted by Crippen LogP contribution is -2.42. The summed E-state index contributed by atoms with van der Waals surface area (Å²) >= 11 is 0. The van der Waals surface area contributed by atoms with Crippen molar-refractivity contribution in [1.29, 1.82) is 0 Å². The molecule has 78 valence electrons. The molecule has 0 spiro atoms.